The van der Waals surface area contributed by atoms with Crippen LogP contribution >= 0.6 is 0 Å². The van der Waals surface area contributed by atoms with E-state index in [2.05, 4.69) is 5.10 Å². The minimum atomic E-state index is -4.67. The molecule has 0 amide bonds. The molecule has 0 fully saturated rings. The molecule has 7 heteroatoms. The Labute approximate surface area is 77.2 Å². The first-order chi connectivity index (χ1) is 6.43. The van der Waals surface area contributed by atoms with Crippen molar-refractivity contribution in [1.82, 2.24) is 9.78 Å². The van der Waals surface area contributed by atoms with E-state index < -0.39 is 18.8 Å². The van der Waals surface area contributed by atoms with Crippen LogP contribution in [0.3, 0.4) is 0 Å². The van der Waals surface area contributed by atoms with Crippen LogP contribution < -0.4 is 0 Å². The van der Waals surface area contributed by atoms with Crippen LogP contribution in [-0.4, -0.2) is 27.2 Å². The molecule has 0 aliphatic heterocycles. The van der Waals surface area contributed by atoms with Crippen molar-refractivity contribution in [3.63, 3.8) is 0 Å². The van der Waals surface area contributed by atoms with Crippen molar-refractivity contribution in [2.45, 2.75) is 18.8 Å². The van der Waals surface area contributed by atoms with Crippen molar-refractivity contribution in [2.24, 2.45) is 0 Å². The Morgan fingerprint density at radius 3 is 2.71 bits per heavy atom. The van der Waals surface area contributed by atoms with Crippen molar-refractivity contribution in [2.75, 3.05) is 0 Å². The van der Waals surface area contributed by atoms with Crippen LogP contribution in [0.2, 0.25) is 0 Å². The van der Waals surface area contributed by atoms with Gasteiger partial charge in [-0.05, 0) is 0 Å². The number of alkyl halides is 3. The minimum Gasteiger partial charge on any atom is -0.382 e. The molecule has 0 aliphatic rings. The lowest BCUT2D eigenvalue weighted by Crippen LogP contribution is -2.32. The molecule has 1 N–H and O–H groups in total. The molecule has 76 valence electrons. The number of aliphatic hydroxyl groups excluding tert-OH is 1. The third-order valence-corrected chi connectivity index (χ3v) is 1.50. The molecule has 14 heavy (non-hydrogen) atoms. The molecule has 1 heterocycles. The van der Waals surface area contributed by atoms with Crippen LogP contribution in [0.25, 0.3) is 0 Å². The molecule has 0 aliphatic carbocycles. The van der Waals surface area contributed by atoms with Gasteiger partial charge in [-0.25, -0.2) is 0 Å². The number of aromatic nitrogens is 2. The lowest BCUT2D eigenvalue weighted by Gasteiger charge is -2.13. The zero-order valence-electron chi connectivity index (χ0n) is 6.86. The van der Waals surface area contributed by atoms with Crippen LogP contribution in [-0.2, 0) is 6.54 Å². The second-order valence-electron chi connectivity index (χ2n) is 2.62. The molecule has 1 aromatic heterocycles. The van der Waals surface area contributed by atoms with E-state index in [4.69, 9.17) is 10.4 Å². The Bertz CT molecular complexity index is 352. The molecular formula is C7H6F3N3O. The van der Waals surface area contributed by atoms with Gasteiger partial charge in [0.1, 0.15) is 6.07 Å². The van der Waals surface area contributed by atoms with Crippen molar-refractivity contribution >= 4 is 0 Å². The lowest BCUT2D eigenvalue weighted by molar-refractivity contribution is -0.208. The fourth-order valence-corrected chi connectivity index (χ4v) is 0.802. The predicted molar refractivity (Wildman–Crippen MR) is 39.0 cm³/mol. The van der Waals surface area contributed by atoms with E-state index in [1.54, 1.807) is 6.07 Å². The fraction of sp³-hybridized carbons (Fsp3) is 0.429. The van der Waals surface area contributed by atoms with E-state index in [1.807, 2.05) is 0 Å². The van der Waals surface area contributed by atoms with E-state index >= 15 is 0 Å². The monoisotopic (exact) mass is 205 g/mol. The molecule has 0 bridgehead atoms. The fourth-order valence-electron chi connectivity index (χ4n) is 0.802. The van der Waals surface area contributed by atoms with Gasteiger partial charge in [0.2, 0.25) is 0 Å². The van der Waals surface area contributed by atoms with Crippen LogP contribution in [0.1, 0.15) is 5.56 Å². The summed E-state index contributed by atoms with van der Waals surface area (Å²) >= 11 is 0. The van der Waals surface area contributed by atoms with E-state index in [0.29, 0.717) is 0 Å². The van der Waals surface area contributed by atoms with E-state index in [1.165, 1.54) is 0 Å². The summed E-state index contributed by atoms with van der Waals surface area (Å²) in [4.78, 5) is 0. The molecule has 1 rings (SSSR count). The third-order valence-electron chi connectivity index (χ3n) is 1.50. The number of nitrogens with zero attached hydrogens (tertiary/aromatic N) is 3. The quantitative estimate of drug-likeness (QED) is 0.772. The molecule has 4 nitrogen and oxygen atoms in total. The minimum absolute atomic E-state index is 0.152. The molecule has 0 aromatic carbocycles. The Hall–Kier alpha value is -1.55. The van der Waals surface area contributed by atoms with Gasteiger partial charge in [-0.2, -0.15) is 23.5 Å². The third kappa shape index (κ3) is 2.47. The SMILES string of the molecule is N#Cc1cnn(CC(O)C(F)(F)F)c1. The van der Waals surface area contributed by atoms with Gasteiger partial charge in [-0.3, -0.25) is 4.68 Å². The summed E-state index contributed by atoms with van der Waals surface area (Å²) in [6.45, 7) is -0.703. The molecule has 0 radical (unpaired) electrons. The highest BCUT2D eigenvalue weighted by atomic mass is 19.4. The largest absolute Gasteiger partial charge is 0.416 e. The van der Waals surface area contributed by atoms with Gasteiger partial charge < -0.3 is 5.11 Å². The van der Waals surface area contributed by atoms with Gasteiger partial charge in [0.05, 0.1) is 18.3 Å². The summed E-state index contributed by atoms with van der Waals surface area (Å²) in [5.74, 6) is 0. The Balaban J connectivity index is 2.66. The highest BCUT2D eigenvalue weighted by Crippen LogP contribution is 2.20. The zero-order chi connectivity index (χ0) is 10.8. The topological polar surface area (TPSA) is 61.8 Å². The van der Waals surface area contributed by atoms with Crippen molar-refractivity contribution in [3.8, 4) is 6.07 Å². The highest BCUT2D eigenvalue weighted by Gasteiger charge is 2.38. The van der Waals surface area contributed by atoms with E-state index in [-0.39, 0.29) is 5.56 Å². The smallest absolute Gasteiger partial charge is 0.382 e. The number of halogens is 3. The lowest BCUT2D eigenvalue weighted by atomic mass is 10.3. The van der Waals surface area contributed by atoms with E-state index in [0.717, 1.165) is 17.1 Å². The molecule has 1 atom stereocenters. The van der Waals surface area contributed by atoms with Crippen LogP contribution in [0.5, 0.6) is 0 Å². The first-order valence-electron chi connectivity index (χ1n) is 3.61. The summed E-state index contributed by atoms with van der Waals surface area (Å²) in [7, 11) is 0. The van der Waals surface area contributed by atoms with Gasteiger partial charge in [0.15, 0.2) is 6.10 Å². The summed E-state index contributed by atoms with van der Waals surface area (Å²) in [6.07, 6.45) is -4.87. The van der Waals surface area contributed by atoms with E-state index in [9.17, 15) is 13.2 Å². The Kier molecular flexibility index (Phi) is 2.76. The number of aliphatic hydroxyl groups is 1. The summed E-state index contributed by atoms with van der Waals surface area (Å²) < 4.78 is 36.5. The molecule has 1 unspecified atom stereocenters. The second kappa shape index (κ2) is 3.67. The van der Waals surface area contributed by atoms with Crippen molar-refractivity contribution in [3.05, 3.63) is 18.0 Å². The van der Waals surface area contributed by atoms with Gasteiger partial charge in [0.25, 0.3) is 0 Å². The number of rotatable bonds is 2. The summed E-state index contributed by atoms with van der Waals surface area (Å²) in [5, 5.41) is 20.5. The highest BCUT2D eigenvalue weighted by molar-refractivity contribution is 5.21. The van der Waals surface area contributed by atoms with Crippen molar-refractivity contribution < 1.29 is 18.3 Å². The maximum absolute atomic E-state index is 11.9. The number of hydrogen-bond donors (Lipinski definition) is 1. The Morgan fingerprint density at radius 2 is 2.29 bits per heavy atom. The first-order valence-corrected chi connectivity index (χ1v) is 3.61. The average molecular weight is 205 g/mol. The van der Waals surface area contributed by atoms with Crippen LogP contribution in [0.15, 0.2) is 12.4 Å². The van der Waals surface area contributed by atoms with Gasteiger partial charge >= 0.3 is 6.18 Å². The molecular weight excluding hydrogens is 199 g/mol. The first kappa shape index (κ1) is 10.5. The van der Waals surface area contributed by atoms with Crippen LogP contribution in [0.4, 0.5) is 13.2 Å². The average Bonchev–Trinajstić information content (AvgIpc) is 2.50. The Morgan fingerprint density at radius 1 is 1.64 bits per heavy atom. The molecule has 0 spiro atoms. The normalized spacial score (nSPS) is 13.6. The molecule has 1 aromatic rings. The summed E-state index contributed by atoms with van der Waals surface area (Å²) in [5.41, 5.74) is 0.152. The zero-order valence-corrected chi connectivity index (χ0v) is 6.86. The van der Waals surface area contributed by atoms with Gasteiger partial charge in [-0.15, -0.1) is 0 Å². The maximum atomic E-state index is 11.9. The van der Waals surface area contributed by atoms with Gasteiger partial charge in [-0.1, -0.05) is 0 Å². The maximum Gasteiger partial charge on any atom is 0.416 e. The molecule has 0 saturated carbocycles. The standard InChI is InChI=1S/C7H6F3N3O/c8-7(9,10)6(14)4-13-3-5(1-11)2-12-13/h2-3,6,14H,4H2. The predicted octanol–water partition coefficient (Wildman–Crippen LogP) is 0.678. The molecule has 0 saturated heterocycles. The summed E-state index contributed by atoms with van der Waals surface area (Å²) in [6, 6.07) is 1.71. The van der Waals surface area contributed by atoms with Crippen molar-refractivity contribution in [1.29, 1.82) is 5.26 Å². The van der Waals surface area contributed by atoms with Crippen LogP contribution in [0, 0.1) is 11.3 Å². The second-order valence-corrected chi connectivity index (χ2v) is 2.62. The number of nitriles is 1. The van der Waals surface area contributed by atoms with Gasteiger partial charge in [0, 0.05) is 6.20 Å². The number of hydrogen-bond acceptors (Lipinski definition) is 3.